The Balaban J connectivity index is 3.54. The van der Waals surface area contributed by atoms with Crippen LogP contribution in [0.15, 0.2) is 12.1 Å². The van der Waals surface area contributed by atoms with Crippen LogP contribution in [0, 0.1) is 15.9 Å². The van der Waals surface area contributed by atoms with Gasteiger partial charge in [0, 0.05) is 6.07 Å². The molecule has 84 valence electrons. The molecule has 1 rings (SSSR count). The molecule has 0 unspecified atom stereocenters. The molecule has 0 aliphatic heterocycles. The summed E-state index contributed by atoms with van der Waals surface area (Å²) in [5.41, 5.74) is -2.03. The fraction of sp³-hybridized carbons (Fsp3) is 0.111. The minimum Gasteiger partial charge on any atom is -0.465 e. The molecule has 6 nitrogen and oxygen atoms in total. The maximum atomic E-state index is 13.5. The Morgan fingerprint density at radius 2 is 2.19 bits per heavy atom. The van der Waals surface area contributed by atoms with Gasteiger partial charge in [0.25, 0.3) is 5.69 Å². The van der Waals surface area contributed by atoms with E-state index in [1.165, 1.54) is 0 Å². The molecule has 0 spiro atoms. The molecule has 1 aromatic rings. The van der Waals surface area contributed by atoms with E-state index in [0.717, 1.165) is 19.2 Å². The molecule has 7 heteroatoms. The molecule has 0 N–H and O–H groups in total. The van der Waals surface area contributed by atoms with Crippen LogP contribution >= 0.6 is 0 Å². The number of esters is 1. The highest BCUT2D eigenvalue weighted by Gasteiger charge is 2.27. The highest BCUT2D eigenvalue weighted by atomic mass is 19.1. The second-order valence-electron chi connectivity index (χ2n) is 2.73. The molecule has 0 radical (unpaired) electrons. The number of methoxy groups -OCH3 is 1. The van der Waals surface area contributed by atoms with Crippen molar-refractivity contribution in [2.24, 2.45) is 0 Å². The molecule has 0 heterocycles. The summed E-state index contributed by atoms with van der Waals surface area (Å²) in [6.45, 7) is 0. The number of hydrogen-bond donors (Lipinski definition) is 0. The number of carbonyl (C=O) groups excluding carboxylic acids is 2. The monoisotopic (exact) mass is 227 g/mol. The van der Waals surface area contributed by atoms with Gasteiger partial charge < -0.3 is 4.74 Å². The van der Waals surface area contributed by atoms with Gasteiger partial charge in [-0.25, -0.2) is 9.18 Å². The van der Waals surface area contributed by atoms with E-state index in [2.05, 4.69) is 4.74 Å². The molecule has 0 aliphatic rings. The molecular formula is C9H6FNO5. The molecule has 0 aromatic heterocycles. The average molecular weight is 227 g/mol. The summed E-state index contributed by atoms with van der Waals surface area (Å²) in [6, 6.07) is 1.80. The van der Waals surface area contributed by atoms with Crippen LogP contribution in [0.3, 0.4) is 0 Å². The van der Waals surface area contributed by atoms with Gasteiger partial charge in [0.15, 0.2) is 17.7 Å². The lowest BCUT2D eigenvalue weighted by Crippen LogP contribution is -2.10. The zero-order chi connectivity index (χ0) is 12.3. The summed E-state index contributed by atoms with van der Waals surface area (Å²) in [5.74, 6) is -2.45. The number of ether oxygens (including phenoxy) is 1. The van der Waals surface area contributed by atoms with Crippen molar-refractivity contribution in [3.05, 3.63) is 39.2 Å². The van der Waals surface area contributed by atoms with Crippen LogP contribution in [0.5, 0.6) is 0 Å². The van der Waals surface area contributed by atoms with Gasteiger partial charge in [-0.15, -0.1) is 0 Å². The summed E-state index contributed by atoms with van der Waals surface area (Å²) in [6.07, 6.45) is 0.158. The van der Waals surface area contributed by atoms with E-state index in [-0.39, 0.29) is 6.29 Å². The van der Waals surface area contributed by atoms with Crippen LogP contribution in [0.25, 0.3) is 0 Å². The second kappa shape index (κ2) is 4.47. The zero-order valence-corrected chi connectivity index (χ0v) is 8.10. The molecule has 0 amide bonds. The first-order valence-electron chi connectivity index (χ1n) is 4.03. The van der Waals surface area contributed by atoms with Crippen molar-refractivity contribution in [3.63, 3.8) is 0 Å². The third-order valence-electron chi connectivity index (χ3n) is 1.86. The van der Waals surface area contributed by atoms with Gasteiger partial charge in [-0.2, -0.15) is 0 Å². The summed E-state index contributed by atoms with van der Waals surface area (Å²) in [7, 11) is 0.957. The van der Waals surface area contributed by atoms with Gasteiger partial charge in [-0.05, 0) is 6.07 Å². The quantitative estimate of drug-likeness (QED) is 0.336. The number of carbonyl (C=O) groups is 2. The van der Waals surface area contributed by atoms with Crippen LogP contribution < -0.4 is 0 Å². The first kappa shape index (κ1) is 11.8. The van der Waals surface area contributed by atoms with E-state index in [1.54, 1.807) is 0 Å². The van der Waals surface area contributed by atoms with Gasteiger partial charge in [0.2, 0.25) is 0 Å². The third kappa shape index (κ3) is 1.88. The van der Waals surface area contributed by atoms with E-state index in [0.29, 0.717) is 0 Å². The summed E-state index contributed by atoms with van der Waals surface area (Å²) in [4.78, 5) is 31.2. The van der Waals surface area contributed by atoms with Gasteiger partial charge in [0.05, 0.1) is 17.6 Å². The van der Waals surface area contributed by atoms with E-state index < -0.39 is 33.5 Å². The average Bonchev–Trinajstić information content (AvgIpc) is 2.27. The number of rotatable bonds is 3. The maximum absolute atomic E-state index is 13.5. The molecule has 0 fully saturated rings. The number of nitrogens with zero attached hydrogens (tertiary/aromatic N) is 1. The largest absolute Gasteiger partial charge is 0.465 e. The second-order valence-corrected chi connectivity index (χ2v) is 2.73. The first-order chi connectivity index (χ1) is 7.52. The van der Waals surface area contributed by atoms with Crippen molar-refractivity contribution < 1.29 is 23.6 Å². The third-order valence-corrected chi connectivity index (χ3v) is 1.86. The van der Waals surface area contributed by atoms with E-state index >= 15 is 0 Å². The Morgan fingerprint density at radius 3 is 2.62 bits per heavy atom. The topological polar surface area (TPSA) is 86.5 Å². The molecule has 16 heavy (non-hydrogen) atoms. The lowest BCUT2D eigenvalue weighted by atomic mass is 10.1. The van der Waals surface area contributed by atoms with Crippen LogP contribution in [0.4, 0.5) is 10.1 Å². The van der Waals surface area contributed by atoms with Crippen molar-refractivity contribution in [1.82, 2.24) is 0 Å². The molecule has 0 bridgehead atoms. The van der Waals surface area contributed by atoms with E-state index in [4.69, 9.17) is 0 Å². The normalized spacial score (nSPS) is 9.62. The Hall–Kier alpha value is -2.31. The van der Waals surface area contributed by atoms with Gasteiger partial charge >= 0.3 is 5.97 Å². The first-order valence-corrected chi connectivity index (χ1v) is 4.03. The number of aldehydes is 1. The van der Waals surface area contributed by atoms with Crippen molar-refractivity contribution in [3.8, 4) is 0 Å². The predicted octanol–water partition coefficient (Wildman–Crippen LogP) is 1.33. The van der Waals surface area contributed by atoms with Crippen molar-refractivity contribution in [2.75, 3.05) is 7.11 Å². The smallest absolute Gasteiger partial charge is 0.347 e. The predicted molar refractivity (Wildman–Crippen MR) is 49.8 cm³/mol. The molecule has 0 saturated carbocycles. The maximum Gasteiger partial charge on any atom is 0.347 e. The van der Waals surface area contributed by atoms with Crippen LogP contribution in [0.2, 0.25) is 0 Å². The number of halogens is 1. The number of nitro benzene ring substituents is 1. The fourth-order valence-electron chi connectivity index (χ4n) is 1.12. The lowest BCUT2D eigenvalue weighted by molar-refractivity contribution is -0.385. The summed E-state index contributed by atoms with van der Waals surface area (Å²) in [5, 5.41) is 10.5. The Bertz CT molecular complexity index is 471. The zero-order valence-electron chi connectivity index (χ0n) is 8.10. The van der Waals surface area contributed by atoms with Crippen LogP contribution in [0.1, 0.15) is 20.7 Å². The van der Waals surface area contributed by atoms with E-state index in [1.807, 2.05) is 0 Å². The Labute approximate surface area is 88.8 Å². The Kier molecular flexibility index (Phi) is 3.29. The van der Waals surface area contributed by atoms with Crippen molar-refractivity contribution in [1.29, 1.82) is 0 Å². The Morgan fingerprint density at radius 1 is 1.56 bits per heavy atom. The number of nitro groups is 1. The molecule has 0 aliphatic carbocycles. The fourth-order valence-corrected chi connectivity index (χ4v) is 1.12. The highest BCUT2D eigenvalue weighted by Crippen LogP contribution is 2.24. The standard InChI is InChI=1S/C9H6FNO5/c1-16-9(13)7-6(11(14)15)3-2-5(4-12)8(7)10/h2-4H,1H3. The highest BCUT2D eigenvalue weighted by molar-refractivity contribution is 5.96. The van der Waals surface area contributed by atoms with Crippen LogP contribution in [-0.2, 0) is 4.74 Å². The lowest BCUT2D eigenvalue weighted by Gasteiger charge is -2.03. The van der Waals surface area contributed by atoms with E-state index in [9.17, 15) is 24.1 Å². The van der Waals surface area contributed by atoms with Gasteiger partial charge in [-0.1, -0.05) is 0 Å². The molecule has 1 aromatic carbocycles. The molecular weight excluding hydrogens is 221 g/mol. The van der Waals surface area contributed by atoms with Crippen LogP contribution in [-0.4, -0.2) is 24.3 Å². The summed E-state index contributed by atoms with van der Waals surface area (Å²) >= 11 is 0. The van der Waals surface area contributed by atoms with Crippen molar-refractivity contribution in [2.45, 2.75) is 0 Å². The van der Waals surface area contributed by atoms with Gasteiger partial charge in [0.1, 0.15) is 0 Å². The van der Waals surface area contributed by atoms with Gasteiger partial charge in [-0.3, -0.25) is 14.9 Å². The minimum atomic E-state index is -1.25. The van der Waals surface area contributed by atoms with Crippen molar-refractivity contribution >= 4 is 17.9 Å². The number of benzene rings is 1. The minimum absolute atomic E-state index is 0.158. The molecule has 0 saturated heterocycles. The molecule has 0 atom stereocenters. The SMILES string of the molecule is COC(=O)c1c([N+](=O)[O-])ccc(C=O)c1F. The summed E-state index contributed by atoms with van der Waals surface area (Å²) < 4.78 is 17.7. The number of hydrogen-bond acceptors (Lipinski definition) is 5.